The van der Waals surface area contributed by atoms with Crippen molar-refractivity contribution < 1.29 is 14.3 Å². The Bertz CT molecular complexity index is 571. The molecule has 2 aliphatic heterocycles. The Balaban J connectivity index is 1.83. The minimum absolute atomic E-state index is 0.0915. The maximum atomic E-state index is 12.9. The zero-order chi connectivity index (χ0) is 15.7. The van der Waals surface area contributed by atoms with E-state index in [9.17, 15) is 4.79 Å². The average Bonchev–Trinajstić information content (AvgIpc) is 2.53. The second-order valence-corrected chi connectivity index (χ2v) is 6.64. The van der Waals surface area contributed by atoms with E-state index in [2.05, 4.69) is 0 Å². The van der Waals surface area contributed by atoms with Crippen LogP contribution in [0.5, 0.6) is 11.5 Å². The largest absolute Gasteiger partial charge is 0.486 e. The van der Waals surface area contributed by atoms with Gasteiger partial charge in [-0.05, 0) is 44.4 Å². The first-order chi connectivity index (χ1) is 10.5. The molecule has 1 fully saturated rings. The molecule has 0 saturated carbocycles. The Morgan fingerprint density at radius 1 is 1.27 bits per heavy atom. The number of carbonyl (C=O) groups is 1. The number of hydrogen-bond donors (Lipinski definition) is 1. The summed E-state index contributed by atoms with van der Waals surface area (Å²) in [5.74, 6) is 1.59. The van der Waals surface area contributed by atoms with Gasteiger partial charge in [0, 0.05) is 19.1 Å². The van der Waals surface area contributed by atoms with E-state index in [1.54, 1.807) is 0 Å². The van der Waals surface area contributed by atoms with Crippen LogP contribution in [0.15, 0.2) is 18.2 Å². The van der Waals surface area contributed by atoms with Gasteiger partial charge in [0.2, 0.25) is 5.91 Å². The van der Waals surface area contributed by atoms with Crippen LogP contribution in [0.4, 0.5) is 0 Å². The van der Waals surface area contributed by atoms with Crippen LogP contribution in [-0.4, -0.2) is 43.2 Å². The highest BCUT2D eigenvalue weighted by Gasteiger charge is 2.36. The monoisotopic (exact) mass is 304 g/mol. The third kappa shape index (κ3) is 2.77. The first-order valence-corrected chi connectivity index (χ1v) is 7.93. The molecule has 5 nitrogen and oxygen atoms in total. The number of piperidine rings is 1. The molecule has 3 rings (SSSR count). The number of ether oxygens (including phenoxy) is 2. The number of fused-ring (bicyclic) bond motifs is 1. The molecule has 0 radical (unpaired) electrons. The number of nitrogens with zero attached hydrogens (tertiary/aromatic N) is 1. The van der Waals surface area contributed by atoms with E-state index in [0.29, 0.717) is 19.8 Å². The molecule has 1 amide bonds. The predicted octanol–water partition coefficient (Wildman–Crippen LogP) is 1.69. The van der Waals surface area contributed by atoms with Crippen molar-refractivity contribution in [2.45, 2.75) is 38.1 Å². The number of benzene rings is 1. The first kappa shape index (κ1) is 15.2. The lowest BCUT2D eigenvalue weighted by atomic mass is 9.82. The summed E-state index contributed by atoms with van der Waals surface area (Å²) in [6.45, 7) is 6.47. The summed E-state index contributed by atoms with van der Waals surface area (Å²) in [6, 6.07) is 5.86. The molecular weight excluding hydrogens is 280 g/mol. The van der Waals surface area contributed by atoms with Crippen LogP contribution in [0.2, 0.25) is 0 Å². The summed E-state index contributed by atoms with van der Waals surface area (Å²) in [6.07, 6.45) is 1.97. The number of hydrogen-bond acceptors (Lipinski definition) is 4. The van der Waals surface area contributed by atoms with Crippen LogP contribution in [0.3, 0.4) is 0 Å². The topological polar surface area (TPSA) is 64.8 Å². The van der Waals surface area contributed by atoms with Gasteiger partial charge < -0.3 is 20.1 Å². The molecule has 2 N–H and O–H groups in total. The molecule has 5 heteroatoms. The minimum Gasteiger partial charge on any atom is -0.486 e. The second-order valence-electron chi connectivity index (χ2n) is 6.64. The zero-order valence-electron chi connectivity index (χ0n) is 13.3. The maximum Gasteiger partial charge on any atom is 0.232 e. The van der Waals surface area contributed by atoms with Gasteiger partial charge in [0.1, 0.15) is 13.2 Å². The number of likely N-dealkylation sites (tertiary alicyclic amines) is 1. The van der Waals surface area contributed by atoms with Gasteiger partial charge in [-0.1, -0.05) is 6.07 Å². The molecule has 0 aromatic heterocycles. The van der Waals surface area contributed by atoms with Crippen LogP contribution in [0.1, 0.15) is 32.3 Å². The highest BCUT2D eigenvalue weighted by molar-refractivity contribution is 5.87. The third-order valence-corrected chi connectivity index (χ3v) is 4.54. The number of rotatable bonds is 2. The standard InChI is InChI=1S/C17H24N2O3/c1-17(2,16(20)19-7-3-4-13(18)11-19)12-5-6-14-15(10-12)22-9-8-21-14/h5-6,10,13H,3-4,7-9,11,18H2,1-2H3. The van der Waals surface area contributed by atoms with E-state index in [-0.39, 0.29) is 11.9 Å². The van der Waals surface area contributed by atoms with Crippen LogP contribution in [-0.2, 0) is 10.2 Å². The van der Waals surface area contributed by atoms with Crippen LogP contribution in [0.25, 0.3) is 0 Å². The van der Waals surface area contributed by atoms with Gasteiger partial charge in [0.25, 0.3) is 0 Å². The van der Waals surface area contributed by atoms with Crippen molar-refractivity contribution in [3.63, 3.8) is 0 Å². The third-order valence-electron chi connectivity index (χ3n) is 4.54. The molecule has 1 aromatic carbocycles. The highest BCUT2D eigenvalue weighted by Crippen LogP contribution is 2.36. The smallest absolute Gasteiger partial charge is 0.232 e. The van der Waals surface area contributed by atoms with Crippen molar-refractivity contribution in [1.82, 2.24) is 4.90 Å². The Hall–Kier alpha value is -1.75. The van der Waals surface area contributed by atoms with Gasteiger partial charge in [-0.2, -0.15) is 0 Å². The summed E-state index contributed by atoms with van der Waals surface area (Å²) in [5.41, 5.74) is 6.35. The maximum absolute atomic E-state index is 12.9. The molecule has 1 saturated heterocycles. The Labute approximate surface area is 131 Å². The number of nitrogens with two attached hydrogens (primary N) is 1. The summed E-state index contributed by atoms with van der Waals surface area (Å²) in [7, 11) is 0. The quantitative estimate of drug-likeness (QED) is 0.903. The van der Waals surface area contributed by atoms with Gasteiger partial charge in [-0.15, -0.1) is 0 Å². The van der Waals surface area contributed by atoms with Crippen molar-refractivity contribution >= 4 is 5.91 Å². The molecule has 1 atom stereocenters. The van der Waals surface area contributed by atoms with Crippen LogP contribution >= 0.6 is 0 Å². The van der Waals surface area contributed by atoms with Gasteiger partial charge in [-0.25, -0.2) is 0 Å². The molecule has 2 heterocycles. The zero-order valence-corrected chi connectivity index (χ0v) is 13.3. The van der Waals surface area contributed by atoms with E-state index in [0.717, 1.165) is 36.4 Å². The summed E-state index contributed by atoms with van der Waals surface area (Å²) >= 11 is 0. The average molecular weight is 304 g/mol. The van der Waals surface area contributed by atoms with E-state index in [4.69, 9.17) is 15.2 Å². The second kappa shape index (κ2) is 5.80. The van der Waals surface area contributed by atoms with Crippen molar-refractivity contribution in [2.75, 3.05) is 26.3 Å². The lowest BCUT2D eigenvalue weighted by molar-refractivity contribution is -0.137. The molecule has 1 aromatic rings. The Morgan fingerprint density at radius 2 is 2.00 bits per heavy atom. The Kier molecular flexibility index (Phi) is 4.00. The van der Waals surface area contributed by atoms with Crippen molar-refractivity contribution in [2.24, 2.45) is 5.73 Å². The predicted molar refractivity (Wildman–Crippen MR) is 84.2 cm³/mol. The van der Waals surface area contributed by atoms with Gasteiger partial charge in [-0.3, -0.25) is 4.79 Å². The van der Waals surface area contributed by atoms with E-state index in [1.807, 2.05) is 36.9 Å². The van der Waals surface area contributed by atoms with Gasteiger partial charge >= 0.3 is 0 Å². The summed E-state index contributed by atoms with van der Waals surface area (Å²) < 4.78 is 11.2. The highest BCUT2D eigenvalue weighted by atomic mass is 16.6. The number of carbonyl (C=O) groups excluding carboxylic acids is 1. The molecule has 22 heavy (non-hydrogen) atoms. The lowest BCUT2D eigenvalue weighted by Crippen LogP contribution is -2.51. The van der Waals surface area contributed by atoms with Crippen molar-refractivity contribution in [3.8, 4) is 11.5 Å². The molecule has 120 valence electrons. The first-order valence-electron chi connectivity index (χ1n) is 7.93. The normalized spacial score (nSPS) is 21.6. The van der Waals surface area contributed by atoms with Crippen LogP contribution < -0.4 is 15.2 Å². The molecule has 0 spiro atoms. The van der Waals surface area contributed by atoms with E-state index in [1.165, 1.54) is 0 Å². The number of amides is 1. The summed E-state index contributed by atoms with van der Waals surface area (Å²) in [5, 5.41) is 0. The van der Waals surface area contributed by atoms with E-state index < -0.39 is 5.41 Å². The fourth-order valence-corrected chi connectivity index (χ4v) is 3.15. The van der Waals surface area contributed by atoms with Gasteiger partial charge in [0.15, 0.2) is 11.5 Å². The van der Waals surface area contributed by atoms with Crippen molar-refractivity contribution in [1.29, 1.82) is 0 Å². The lowest BCUT2D eigenvalue weighted by Gasteiger charge is -2.37. The molecule has 0 bridgehead atoms. The molecule has 1 unspecified atom stereocenters. The molecule has 0 aliphatic carbocycles. The minimum atomic E-state index is -0.604. The van der Waals surface area contributed by atoms with Crippen LogP contribution in [0, 0.1) is 0 Å². The Morgan fingerprint density at radius 3 is 2.73 bits per heavy atom. The molecular formula is C17H24N2O3. The van der Waals surface area contributed by atoms with Crippen molar-refractivity contribution in [3.05, 3.63) is 23.8 Å². The molecule has 2 aliphatic rings. The van der Waals surface area contributed by atoms with Gasteiger partial charge in [0.05, 0.1) is 5.41 Å². The van der Waals surface area contributed by atoms with E-state index >= 15 is 0 Å². The fourth-order valence-electron chi connectivity index (χ4n) is 3.15. The SMILES string of the molecule is CC(C)(C(=O)N1CCCC(N)C1)c1ccc2c(c1)OCCO2. The summed E-state index contributed by atoms with van der Waals surface area (Å²) in [4.78, 5) is 14.8. The fraction of sp³-hybridized carbons (Fsp3) is 0.588.